The minimum absolute atomic E-state index is 0.188. The predicted molar refractivity (Wildman–Crippen MR) is 75.4 cm³/mol. The Balaban J connectivity index is 1.91. The Kier molecular flexibility index (Phi) is 3.48. The summed E-state index contributed by atoms with van der Waals surface area (Å²) in [5.41, 5.74) is 1.22. The van der Waals surface area contributed by atoms with Crippen LogP contribution in [-0.4, -0.2) is 4.98 Å². The third-order valence-electron chi connectivity index (χ3n) is 3.18. The quantitative estimate of drug-likeness (QED) is 0.778. The summed E-state index contributed by atoms with van der Waals surface area (Å²) in [6, 6.07) is 10.6. The van der Waals surface area contributed by atoms with E-state index in [4.69, 9.17) is 0 Å². The molecule has 0 atom stereocenters. The van der Waals surface area contributed by atoms with E-state index in [0.717, 1.165) is 16.5 Å². The van der Waals surface area contributed by atoms with Crippen LogP contribution < -0.4 is 5.32 Å². The van der Waals surface area contributed by atoms with Crippen molar-refractivity contribution >= 4 is 16.6 Å². The van der Waals surface area contributed by atoms with Crippen LogP contribution >= 0.6 is 0 Å². The molecule has 0 spiro atoms. The van der Waals surface area contributed by atoms with E-state index in [9.17, 15) is 13.2 Å². The van der Waals surface area contributed by atoms with Gasteiger partial charge in [0.1, 0.15) is 11.5 Å². The van der Waals surface area contributed by atoms with Crippen molar-refractivity contribution in [2.24, 2.45) is 0 Å². The number of anilines is 1. The van der Waals surface area contributed by atoms with Crippen LogP contribution in [0.4, 0.5) is 18.9 Å². The Morgan fingerprint density at radius 1 is 0.952 bits per heavy atom. The van der Waals surface area contributed by atoms with Crippen LogP contribution in [0, 0.1) is 17.5 Å². The van der Waals surface area contributed by atoms with Crippen molar-refractivity contribution in [3.8, 4) is 0 Å². The van der Waals surface area contributed by atoms with Gasteiger partial charge in [-0.15, -0.1) is 0 Å². The first-order valence-electron chi connectivity index (χ1n) is 6.36. The fourth-order valence-electron chi connectivity index (χ4n) is 2.20. The van der Waals surface area contributed by atoms with Crippen molar-refractivity contribution in [1.29, 1.82) is 0 Å². The van der Waals surface area contributed by atoms with Gasteiger partial charge in [-0.3, -0.25) is 4.98 Å². The van der Waals surface area contributed by atoms with Crippen LogP contribution in [0.3, 0.4) is 0 Å². The first kappa shape index (κ1) is 13.4. The van der Waals surface area contributed by atoms with E-state index in [1.54, 1.807) is 6.20 Å². The van der Waals surface area contributed by atoms with Crippen LogP contribution in [0.1, 0.15) is 5.56 Å². The zero-order valence-corrected chi connectivity index (χ0v) is 10.9. The average Bonchev–Trinajstić information content (AvgIpc) is 2.46. The number of aromatic nitrogens is 1. The fraction of sp³-hybridized carbons (Fsp3) is 0.0625. The number of para-hydroxylation sites is 1. The molecule has 0 aliphatic rings. The largest absolute Gasteiger partial charge is 0.376 e. The topological polar surface area (TPSA) is 24.9 Å². The highest BCUT2D eigenvalue weighted by atomic mass is 19.1. The number of hydrogen-bond acceptors (Lipinski definition) is 2. The molecule has 2 aromatic carbocycles. The highest BCUT2D eigenvalue weighted by Gasteiger charge is 2.11. The lowest BCUT2D eigenvalue weighted by atomic mass is 10.1. The number of pyridine rings is 1. The van der Waals surface area contributed by atoms with E-state index in [1.807, 2.05) is 30.3 Å². The van der Waals surface area contributed by atoms with E-state index < -0.39 is 17.5 Å². The summed E-state index contributed by atoms with van der Waals surface area (Å²) in [6.45, 7) is 0.188. The standard InChI is InChI=1S/C16H11F3N2/c17-12-7-13(18)16(14(19)8-12)21-9-11-4-1-3-10-5-2-6-20-15(10)11/h1-8,21H,9H2. The molecular formula is C16H11F3N2. The zero-order chi connectivity index (χ0) is 14.8. The SMILES string of the molecule is Fc1cc(F)c(NCc2cccc3cccnc23)c(F)c1. The van der Waals surface area contributed by atoms with Crippen molar-refractivity contribution in [3.63, 3.8) is 0 Å². The molecule has 1 N–H and O–H groups in total. The van der Waals surface area contributed by atoms with E-state index in [-0.39, 0.29) is 12.2 Å². The molecule has 0 aliphatic heterocycles. The number of nitrogens with one attached hydrogen (secondary N) is 1. The molecule has 5 heteroatoms. The Morgan fingerprint density at radius 2 is 1.67 bits per heavy atom. The first-order chi connectivity index (χ1) is 10.1. The summed E-state index contributed by atoms with van der Waals surface area (Å²) in [7, 11) is 0. The molecule has 0 unspecified atom stereocenters. The predicted octanol–water partition coefficient (Wildman–Crippen LogP) is 4.26. The number of rotatable bonds is 3. The van der Waals surface area contributed by atoms with Crippen molar-refractivity contribution in [3.05, 3.63) is 71.7 Å². The second kappa shape index (κ2) is 5.44. The first-order valence-corrected chi connectivity index (χ1v) is 6.36. The number of fused-ring (bicyclic) bond motifs is 1. The molecule has 1 aromatic heterocycles. The van der Waals surface area contributed by atoms with Crippen molar-refractivity contribution in [2.45, 2.75) is 6.54 Å². The molecule has 0 bridgehead atoms. The molecule has 0 amide bonds. The Bertz CT molecular complexity index is 774. The van der Waals surface area contributed by atoms with Crippen LogP contribution in [0.25, 0.3) is 10.9 Å². The van der Waals surface area contributed by atoms with Crippen LogP contribution in [0.2, 0.25) is 0 Å². The molecule has 106 valence electrons. The minimum Gasteiger partial charge on any atom is -0.376 e. The molecule has 0 aliphatic carbocycles. The number of nitrogens with zero attached hydrogens (tertiary/aromatic N) is 1. The molecule has 0 saturated carbocycles. The van der Waals surface area contributed by atoms with Crippen molar-refractivity contribution in [1.82, 2.24) is 4.98 Å². The maximum atomic E-state index is 13.6. The molecule has 3 aromatic rings. The third kappa shape index (κ3) is 2.67. The van der Waals surface area contributed by atoms with Crippen LogP contribution in [-0.2, 0) is 6.54 Å². The smallest absolute Gasteiger partial charge is 0.152 e. The number of hydrogen-bond donors (Lipinski definition) is 1. The van der Waals surface area contributed by atoms with Gasteiger partial charge < -0.3 is 5.32 Å². The zero-order valence-electron chi connectivity index (χ0n) is 10.9. The molecule has 1 heterocycles. The Morgan fingerprint density at radius 3 is 2.43 bits per heavy atom. The summed E-state index contributed by atoms with van der Waals surface area (Å²) in [4.78, 5) is 4.26. The molecular weight excluding hydrogens is 277 g/mol. The number of halogens is 3. The van der Waals surface area contributed by atoms with Gasteiger partial charge in [-0.05, 0) is 11.6 Å². The maximum absolute atomic E-state index is 13.6. The van der Waals surface area contributed by atoms with Gasteiger partial charge >= 0.3 is 0 Å². The van der Waals surface area contributed by atoms with Gasteiger partial charge in [0.2, 0.25) is 0 Å². The van der Waals surface area contributed by atoms with Crippen LogP contribution in [0.5, 0.6) is 0 Å². The normalized spacial score (nSPS) is 10.8. The molecule has 0 fully saturated rings. The van der Waals surface area contributed by atoms with E-state index in [2.05, 4.69) is 10.3 Å². The lowest BCUT2D eigenvalue weighted by Gasteiger charge is -2.10. The lowest BCUT2D eigenvalue weighted by molar-refractivity contribution is 0.547. The van der Waals surface area contributed by atoms with Gasteiger partial charge in [-0.1, -0.05) is 24.3 Å². The molecule has 21 heavy (non-hydrogen) atoms. The lowest BCUT2D eigenvalue weighted by Crippen LogP contribution is -2.05. The van der Waals surface area contributed by atoms with Crippen molar-refractivity contribution < 1.29 is 13.2 Å². The van der Waals surface area contributed by atoms with Gasteiger partial charge in [0.15, 0.2) is 11.6 Å². The second-order valence-electron chi connectivity index (χ2n) is 4.59. The van der Waals surface area contributed by atoms with Crippen molar-refractivity contribution in [2.75, 3.05) is 5.32 Å². The fourth-order valence-corrected chi connectivity index (χ4v) is 2.20. The third-order valence-corrected chi connectivity index (χ3v) is 3.18. The molecule has 2 nitrogen and oxygen atoms in total. The highest BCUT2D eigenvalue weighted by molar-refractivity contribution is 5.81. The summed E-state index contributed by atoms with van der Waals surface area (Å²) in [5, 5.41) is 3.60. The molecule has 0 radical (unpaired) electrons. The summed E-state index contributed by atoms with van der Waals surface area (Å²) < 4.78 is 40.0. The summed E-state index contributed by atoms with van der Waals surface area (Å²) in [6.07, 6.45) is 1.66. The Hall–Kier alpha value is -2.56. The van der Waals surface area contributed by atoms with E-state index in [0.29, 0.717) is 12.1 Å². The van der Waals surface area contributed by atoms with Gasteiger partial charge in [-0.2, -0.15) is 0 Å². The van der Waals surface area contributed by atoms with E-state index in [1.165, 1.54) is 0 Å². The summed E-state index contributed by atoms with van der Waals surface area (Å²) in [5.74, 6) is -2.86. The summed E-state index contributed by atoms with van der Waals surface area (Å²) >= 11 is 0. The maximum Gasteiger partial charge on any atom is 0.152 e. The van der Waals surface area contributed by atoms with Gasteiger partial charge in [-0.25, -0.2) is 13.2 Å². The highest BCUT2D eigenvalue weighted by Crippen LogP contribution is 2.22. The van der Waals surface area contributed by atoms with Gasteiger partial charge in [0.25, 0.3) is 0 Å². The molecule has 3 rings (SSSR count). The second-order valence-corrected chi connectivity index (χ2v) is 4.59. The average molecular weight is 288 g/mol. The van der Waals surface area contributed by atoms with Crippen LogP contribution in [0.15, 0.2) is 48.7 Å². The Labute approximate surface area is 119 Å². The number of benzene rings is 2. The molecule has 0 saturated heterocycles. The monoisotopic (exact) mass is 288 g/mol. The van der Waals surface area contributed by atoms with Gasteiger partial charge in [0.05, 0.1) is 5.52 Å². The van der Waals surface area contributed by atoms with E-state index >= 15 is 0 Å². The van der Waals surface area contributed by atoms with Gasteiger partial charge in [0, 0.05) is 30.3 Å². The minimum atomic E-state index is -0.958.